The molecule has 0 spiro atoms. The Balaban J connectivity index is 1.49. The molecule has 4 heterocycles. The monoisotopic (exact) mass is 341 g/mol. The number of aromatic amines is 1. The first-order chi connectivity index (χ1) is 12.1. The van der Waals surface area contributed by atoms with Crippen LogP contribution in [0, 0.1) is 17.3 Å². The summed E-state index contributed by atoms with van der Waals surface area (Å²) in [6.45, 7) is 1.71. The van der Waals surface area contributed by atoms with Gasteiger partial charge in [-0.15, -0.1) is 0 Å². The van der Waals surface area contributed by atoms with Gasteiger partial charge in [-0.2, -0.15) is 0 Å². The standard InChI is InChI=1S/C17H19N5O3/c23-15-12-6-21(14-11-3-4-18-13(11)19-9-20-14)7-17(12,16(24)25)8-22(15)5-10-1-2-10/h3-4,9-10,12H,1-2,5-8H2,(H,24,25)(H,18,19,20)/t12-,17-/m0/s1. The Hall–Kier alpha value is -2.64. The van der Waals surface area contributed by atoms with Gasteiger partial charge in [-0.25, -0.2) is 9.97 Å². The Bertz CT molecular complexity index is 876. The predicted molar refractivity (Wildman–Crippen MR) is 89.0 cm³/mol. The Morgan fingerprint density at radius 2 is 2.20 bits per heavy atom. The Morgan fingerprint density at radius 1 is 1.36 bits per heavy atom. The first kappa shape index (κ1) is 14.7. The first-order valence-corrected chi connectivity index (χ1v) is 8.64. The van der Waals surface area contributed by atoms with E-state index >= 15 is 0 Å². The molecule has 2 aliphatic heterocycles. The van der Waals surface area contributed by atoms with Crippen molar-refractivity contribution in [3.8, 4) is 0 Å². The summed E-state index contributed by atoms with van der Waals surface area (Å²) >= 11 is 0. The Morgan fingerprint density at radius 3 is 2.92 bits per heavy atom. The summed E-state index contributed by atoms with van der Waals surface area (Å²) in [5, 5.41) is 10.8. The lowest BCUT2D eigenvalue weighted by Crippen LogP contribution is -2.41. The maximum Gasteiger partial charge on any atom is 0.314 e. The molecule has 25 heavy (non-hydrogen) atoms. The minimum atomic E-state index is -1.04. The molecular weight excluding hydrogens is 322 g/mol. The summed E-state index contributed by atoms with van der Waals surface area (Å²) in [6.07, 6.45) is 5.55. The molecule has 2 N–H and O–H groups in total. The van der Waals surface area contributed by atoms with E-state index in [1.807, 2.05) is 11.0 Å². The fourth-order valence-electron chi connectivity index (χ4n) is 4.35. The maximum absolute atomic E-state index is 12.8. The number of amides is 1. The van der Waals surface area contributed by atoms with Crippen molar-refractivity contribution in [2.45, 2.75) is 12.8 Å². The Labute approximate surface area is 143 Å². The van der Waals surface area contributed by atoms with Gasteiger partial charge in [-0.3, -0.25) is 9.59 Å². The van der Waals surface area contributed by atoms with Crippen molar-refractivity contribution >= 4 is 28.7 Å². The molecule has 2 atom stereocenters. The molecule has 3 fully saturated rings. The topological polar surface area (TPSA) is 102 Å². The number of carboxylic acid groups (broad SMARTS) is 1. The second-order valence-corrected chi connectivity index (χ2v) is 7.49. The van der Waals surface area contributed by atoms with E-state index in [-0.39, 0.29) is 5.91 Å². The molecule has 0 radical (unpaired) electrons. The fraction of sp³-hybridized carbons (Fsp3) is 0.529. The number of carbonyl (C=O) groups excluding carboxylic acids is 1. The van der Waals surface area contributed by atoms with Crippen molar-refractivity contribution in [2.75, 3.05) is 31.1 Å². The molecule has 5 rings (SSSR count). The van der Waals surface area contributed by atoms with Gasteiger partial charge in [0.15, 0.2) is 0 Å². The molecule has 1 aliphatic carbocycles. The SMILES string of the molecule is O=C1[C@@H]2CN(c3ncnc4[nH]ccc34)C[C@]2(C(=O)O)CN1CC1CC1. The zero-order valence-corrected chi connectivity index (χ0v) is 13.7. The molecule has 0 bridgehead atoms. The third kappa shape index (κ3) is 2.06. The number of aliphatic carboxylic acids is 1. The van der Waals surface area contributed by atoms with Gasteiger partial charge >= 0.3 is 5.97 Å². The number of carbonyl (C=O) groups is 2. The second kappa shape index (κ2) is 4.93. The van der Waals surface area contributed by atoms with Crippen molar-refractivity contribution in [2.24, 2.45) is 17.3 Å². The third-order valence-corrected chi connectivity index (χ3v) is 5.86. The van der Waals surface area contributed by atoms with Crippen LogP contribution in [-0.2, 0) is 9.59 Å². The van der Waals surface area contributed by atoms with Crippen LogP contribution in [0.25, 0.3) is 11.0 Å². The smallest absolute Gasteiger partial charge is 0.314 e. The van der Waals surface area contributed by atoms with Gasteiger partial charge in [0.1, 0.15) is 23.2 Å². The fourth-order valence-corrected chi connectivity index (χ4v) is 4.35. The van der Waals surface area contributed by atoms with Crippen molar-refractivity contribution in [1.29, 1.82) is 0 Å². The normalized spacial score (nSPS) is 28.8. The van der Waals surface area contributed by atoms with Gasteiger partial charge in [-0.05, 0) is 24.8 Å². The van der Waals surface area contributed by atoms with Crippen molar-refractivity contribution < 1.29 is 14.7 Å². The highest BCUT2D eigenvalue weighted by atomic mass is 16.4. The number of anilines is 1. The van der Waals surface area contributed by atoms with Crippen LogP contribution in [0.5, 0.6) is 0 Å². The number of hydrogen-bond acceptors (Lipinski definition) is 5. The molecule has 1 amide bonds. The number of likely N-dealkylation sites (tertiary alicyclic amines) is 1. The zero-order chi connectivity index (χ0) is 17.2. The highest BCUT2D eigenvalue weighted by Gasteiger charge is 2.62. The summed E-state index contributed by atoms with van der Waals surface area (Å²) in [4.78, 5) is 40.3. The average Bonchev–Trinajstić information content (AvgIpc) is 3.04. The lowest BCUT2D eigenvalue weighted by Gasteiger charge is -2.26. The van der Waals surface area contributed by atoms with Gasteiger partial charge in [0.25, 0.3) is 0 Å². The van der Waals surface area contributed by atoms with E-state index in [0.29, 0.717) is 43.6 Å². The molecule has 0 unspecified atom stereocenters. The molecule has 0 aromatic carbocycles. The summed E-state index contributed by atoms with van der Waals surface area (Å²) in [6, 6.07) is 1.88. The number of nitrogens with one attached hydrogen (secondary N) is 1. The van der Waals surface area contributed by atoms with Gasteiger partial charge < -0.3 is 19.9 Å². The van der Waals surface area contributed by atoms with Crippen molar-refractivity contribution in [3.63, 3.8) is 0 Å². The van der Waals surface area contributed by atoms with Gasteiger partial charge in [0.2, 0.25) is 5.91 Å². The third-order valence-electron chi connectivity index (χ3n) is 5.86. The van der Waals surface area contributed by atoms with E-state index in [2.05, 4.69) is 15.0 Å². The second-order valence-electron chi connectivity index (χ2n) is 7.49. The summed E-state index contributed by atoms with van der Waals surface area (Å²) in [5.74, 6) is -0.149. The van der Waals surface area contributed by atoms with E-state index in [4.69, 9.17) is 0 Å². The van der Waals surface area contributed by atoms with Crippen LogP contribution < -0.4 is 4.90 Å². The van der Waals surface area contributed by atoms with E-state index in [9.17, 15) is 14.7 Å². The van der Waals surface area contributed by atoms with Gasteiger partial charge in [0.05, 0.1) is 11.3 Å². The minimum Gasteiger partial charge on any atom is -0.481 e. The van der Waals surface area contributed by atoms with Gasteiger partial charge in [0, 0.05) is 32.4 Å². The van der Waals surface area contributed by atoms with Crippen molar-refractivity contribution in [1.82, 2.24) is 19.9 Å². The van der Waals surface area contributed by atoms with Crippen LogP contribution in [0.3, 0.4) is 0 Å². The number of fused-ring (bicyclic) bond motifs is 2. The number of aromatic nitrogens is 3. The molecule has 2 aromatic rings. The molecule has 8 nitrogen and oxygen atoms in total. The lowest BCUT2D eigenvalue weighted by molar-refractivity contribution is -0.149. The van der Waals surface area contributed by atoms with Crippen LogP contribution in [0.1, 0.15) is 12.8 Å². The van der Waals surface area contributed by atoms with Crippen LogP contribution in [0.4, 0.5) is 5.82 Å². The highest BCUT2D eigenvalue weighted by molar-refractivity contribution is 5.95. The summed E-state index contributed by atoms with van der Waals surface area (Å²) < 4.78 is 0. The minimum absolute atomic E-state index is 0.0174. The number of nitrogens with zero attached hydrogens (tertiary/aromatic N) is 4. The molecular formula is C17H19N5O3. The van der Waals surface area contributed by atoms with E-state index < -0.39 is 17.3 Å². The van der Waals surface area contributed by atoms with Crippen LogP contribution >= 0.6 is 0 Å². The Kier molecular flexibility index (Phi) is 2.90. The molecule has 1 saturated carbocycles. The highest BCUT2D eigenvalue weighted by Crippen LogP contribution is 2.46. The molecule has 3 aliphatic rings. The van der Waals surface area contributed by atoms with Gasteiger partial charge in [-0.1, -0.05) is 0 Å². The van der Waals surface area contributed by atoms with Crippen molar-refractivity contribution in [3.05, 3.63) is 18.6 Å². The molecule has 8 heteroatoms. The summed E-state index contributed by atoms with van der Waals surface area (Å²) in [7, 11) is 0. The molecule has 2 aromatic heterocycles. The first-order valence-electron chi connectivity index (χ1n) is 8.64. The van der Waals surface area contributed by atoms with E-state index in [0.717, 1.165) is 18.2 Å². The molecule has 2 saturated heterocycles. The largest absolute Gasteiger partial charge is 0.481 e. The number of hydrogen-bond donors (Lipinski definition) is 2. The number of rotatable bonds is 4. The summed E-state index contributed by atoms with van der Waals surface area (Å²) in [5.41, 5.74) is -0.326. The van der Waals surface area contributed by atoms with Crippen LogP contribution in [0.2, 0.25) is 0 Å². The van der Waals surface area contributed by atoms with E-state index in [1.54, 1.807) is 11.1 Å². The maximum atomic E-state index is 12.8. The number of H-pyrrole nitrogens is 1. The van der Waals surface area contributed by atoms with E-state index in [1.165, 1.54) is 6.33 Å². The van der Waals surface area contributed by atoms with Crippen LogP contribution in [-0.4, -0.2) is 63.0 Å². The zero-order valence-electron chi connectivity index (χ0n) is 13.7. The molecule has 130 valence electrons. The van der Waals surface area contributed by atoms with Crippen LogP contribution in [0.15, 0.2) is 18.6 Å². The predicted octanol–water partition coefficient (Wildman–Crippen LogP) is 0.717. The quantitative estimate of drug-likeness (QED) is 0.849. The lowest BCUT2D eigenvalue weighted by atomic mass is 9.81. The number of carboxylic acids is 1. The average molecular weight is 341 g/mol.